The van der Waals surface area contributed by atoms with Gasteiger partial charge >= 0.3 is 0 Å². The monoisotopic (exact) mass is 365 g/mol. The zero-order valence-electron chi connectivity index (χ0n) is 16.0. The number of nitrogens with zero attached hydrogens (tertiary/aromatic N) is 1. The fraction of sp³-hybridized carbons (Fsp3) is 0.364. The SMILES string of the molecule is Cc1cccc(N2CC(C(=O)NCCCNc3ccccc3)CC2=O)c1C. The molecule has 2 amide bonds. The number of anilines is 2. The highest BCUT2D eigenvalue weighted by Gasteiger charge is 2.35. The van der Waals surface area contributed by atoms with Gasteiger partial charge in [0.1, 0.15) is 0 Å². The lowest BCUT2D eigenvalue weighted by Crippen LogP contribution is -2.34. The third kappa shape index (κ3) is 4.67. The van der Waals surface area contributed by atoms with Gasteiger partial charge in [-0.3, -0.25) is 9.59 Å². The first-order chi connectivity index (χ1) is 13.1. The molecule has 0 aliphatic carbocycles. The molecule has 142 valence electrons. The lowest BCUT2D eigenvalue weighted by Gasteiger charge is -2.20. The van der Waals surface area contributed by atoms with Gasteiger partial charge in [0.2, 0.25) is 11.8 Å². The van der Waals surface area contributed by atoms with Gasteiger partial charge in [0, 0.05) is 37.4 Å². The standard InChI is InChI=1S/C22H27N3O2/c1-16-8-6-11-20(17(16)2)25-15-18(14-21(25)26)22(27)24-13-7-12-23-19-9-4-3-5-10-19/h3-6,8-11,18,23H,7,12-15H2,1-2H3,(H,24,27). The second kappa shape index (κ2) is 8.71. The Morgan fingerprint density at radius 2 is 1.85 bits per heavy atom. The highest BCUT2D eigenvalue weighted by atomic mass is 16.2. The summed E-state index contributed by atoms with van der Waals surface area (Å²) in [5.41, 5.74) is 4.25. The van der Waals surface area contributed by atoms with Crippen LogP contribution in [0.5, 0.6) is 0 Å². The molecule has 1 aliphatic heterocycles. The molecule has 1 atom stereocenters. The summed E-state index contributed by atoms with van der Waals surface area (Å²) in [6.45, 7) is 5.91. The van der Waals surface area contributed by atoms with E-state index in [2.05, 4.69) is 10.6 Å². The van der Waals surface area contributed by atoms with Crippen molar-refractivity contribution in [2.75, 3.05) is 29.9 Å². The van der Waals surface area contributed by atoms with E-state index in [0.29, 0.717) is 13.1 Å². The molecule has 0 bridgehead atoms. The van der Waals surface area contributed by atoms with Gasteiger partial charge in [-0.25, -0.2) is 0 Å². The molecule has 2 aromatic rings. The molecule has 5 nitrogen and oxygen atoms in total. The Morgan fingerprint density at radius 1 is 1.07 bits per heavy atom. The third-order valence-corrected chi connectivity index (χ3v) is 5.12. The van der Waals surface area contributed by atoms with Crippen LogP contribution in [0.2, 0.25) is 0 Å². The summed E-state index contributed by atoms with van der Waals surface area (Å²) < 4.78 is 0. The molecule has 3 rings (SSSR count). The highest BCUT2D eigenvalue weighted by molar-refractivity contribution is 6.00. The summed E-state index contributed by atoms with van der Waals surface area (Å²) in [6.07, 6.45) is 1.11. The third-order valence-electron chi connectivity index (χ3n) is 5.12. The van der Waals surface area contributed by atoms with Crippen LogP contribution in [0, 0.1) is 19.8 Å². The van der Waals surface area contributed by atoms with E-state index >= 15 is 0 Å². The summed E-state index contributed by atoms with van der Waals surface area (Å²) in [4.78, 5) is 26.6. The van der Waals surface area contributed by atoms with Gasteiger partial charge in [0.15, 0.2) is 0 Å². The number of carbonyl (C=O) groups excluding carboxylic acids is 2. The predicted octanol–water partition coefficient (Wildman–Crippen LogP) is 3.27. The number of amides is 2. The topological polar surface area (TPSA) is 61.4 Å². The number of hydrogen-bond acceptors (Lipinski definition) is 3. The maximum Gasteiger partial charge on any atom is 0.227 e. The van der Waals surface area contributed by atoms with Gasteiger partial charge in [-0.05, 0) is 49.6 Å². The smallest absolute Gasteiger partial charge is 0.227 e. The van der Waals surface area contributed by atoms with Crippen LogP contribution in [0.25, 0.3) is 0 Å². The Bertz CT molecular complexity index is 804. The minimum Gasteiger partial charge on any atom is -0.385 e. The summed E-state index contributed by atoms with van der Waals surface area (Å²) in [5, 5.41) is 6.29. The van der Waals surface area contributed by atoms with Crippen molar-refractivity contribution < 1.29 is 9.59 Å². The molecule has 1 unspecified atom stereocenters. The summed E-state index contributed by atoms with van der Waals surface area (Å²) in [7, 11) is 0. The van der Waals surface area contributed by atoms with Crippen LogP contribution in [0.3, 0.4) is 0 Å². The minimum atomic E-state index is -0.278. The molecule has 0 radical (unpaired) electrons. The fourth-order valence-corrected chi connectivity index (χ4v) is 3.38. The molecule has 0 saturated carbocycles. The fourth-order valence-electron chi connectivity index (χ4n) is 3.38. The van der Waals surface area contributed by atoms with Crippen LogP contribution in [-0.2, 0) is 9.59 Å². The normalized spacial score (nSPS) is 16.4. The molecule has 2 N–H and O–H groups in total. The van der Waals surface area contributed by atoms with Crippen LogP contribution < -0.4 is 15.5 Å². The van der Waals surface area contributed by atoms with Crippen molar-refractivity contribution >= 4 is 23.2 Å². The second-order valence-electron chi connectivity index (χ2n) is 7.06. The zero-order chi connectivity index (χ0) is 19.2. The molecule has 1 heterocycles. The summed E-state index contributed by atoms with van der Waals surface area (Å²) >= 11 is 0. The number of rotatable bonds is 7. The van der Waals surface area contributed by atoms with Crippen LogP contribution in [0.4, 0.5) is 11.4 Å². The van der Waals surface area contributed by atoms with Gasteiger partial charge in [0.25, 0.3) is 0 Å². The van der Waals surface area contributed by atoms with Crippen LogP contribution in [0.1, 0.15) is 24.0 Å². The van der Waals surface area contributed by atoms with Gasteiger partial charge in [-0.1, -0.05) is 30.3 Å². The highest BCUT2D eigenvalue weighted by Crippen LogP contribution is 2.29. The molecular formula is C22H27N3O2. The van der Waals surface area contributed by atoms with E-state index < -0.39 is 0 Å². The molecule has 1 saturated heterocycles. The molecule has 1 aliphatic rings. The Labute approximate surface area is 160 Å². The second-order valence-corrected chi connectivity index (χ2v) is 7.06. The molecular weight excluding hydrogens is 338 g/mol. The molecule has 1 fully saturated rings. The van der Waals surface area contributed by atoms with Crippen molar-refractivity contribution in [1.29, 1.82) is 0 Å². The largest absolute Gasteiger partial charge is 0.385 e. The number of carbonyl (C=O) groups is 2. The predicted molar refractivity (Wildman–Crippen MR) is 109 cm³/mol. The molecule has 27 heavy (non-hydrogen) atoms. The lowest BCUT2D eigenvalue weighted by atomic mass is 10.1. The zero-order valence-corrected chi connectivity index (χ0v) is 16.0. The first kappa shape index (κ1) is 19.0. The Kier molecular flexibility index (Phi) is 6.12. The van der Waals surface area contributed by atoms with E-state index in [1.807, 2.05) is 62.4 Å². The molecule has 0 aromatic heterocycles. The number of benzene rings is 2. The molecule has 2 aromatic carbocycles. The van der Waals surface area contributed by atoms with Crippen molar-refractivity contribution in [3.8, 4) is 0 Å². The average Bonchev–Trinajstić information content (AvgIpc) is 3.06. The number of aryl methyl sites for hydroxylation is 1. The maximum absolute atomic E-state index is 12.4. The first-order valence-electron chi connectivity index (χ1n) is 9.49. The molecule has 0 spiro atoms. The lowest BCUT2D eigenvalue weighted by molar-refractivity contribution is -0.126. The van der Waals surface area contributed by atoms with Crippen molar-refractivity contribution in [2.45, 2.75) is 26.7 Å². The van der Waals surface area contributed by atoms with E-state index in [0.717, 1.165) is 35.5 Å². The van der Waals surface area contributed by atoms with Crippen molar-refractivity contribution in [3.05, 3.63) is 59.7 Å². The van der Waals surface area contributed by atoms with E-state index in [9.17, 15) is 9.59 Å². The van der Waals surface area contributed by atoms with Crippen LogP contribution >= 0.6 is 0 Å². The van der Waals surface area contributed by atoms with Crippen molar-refractivity contribution in [3.63, 3.8) is 0 Å². The van der Waals surface area contributed by atoms with Crippen LogP contribution in [-0.4, -0.2) is 31.4 Å². The molecule has 5 heteroatoms. The van der Waals surface area contributed by atoms with E-state index in [4.69, 9.17) is 0 Å². The first-order valence-corrected chi connectivity index (χ1v) is 9.49. The van der Waals surface area contributed by atoms with Gasteiger partial charge in [0.05, 0.1) is 5.92 Å². The van der Waals surface area contributed by atoms with E-state index in [1.54, 1.807) is 4.90 Å². The van der Waals surface area contributed by atoms with Gasteiger partial charge in [-0.15, -0.1) is 0 Å². The summed E-state index contributed by atoms with van der Waals surface area (Å²) in [6, 6.07) is 15.9. The summed E-state index contributed by atoms with van der Waals surface area (Å²) in [5.74, 6) is -0.287. The minimum absolute atomic E-state index is 0.0228. The quantitative estimate of drug-likeness (QED) is 0.740. The Balaban J connectivity index is 1.45. The Hall–Kier alpha value is -2.82. The van der Waals surface area contributed by atoms with Crippen molar-refractivity contribution in [1.82, 2.24) is 5.32 Å². The van der Waals surface area contributed by atoms with Crippen molar-refractivity contribution in [2.24, 2.45) is 5.92 Å². The van der Waals surface area contributed by atoms with E-state index in [1.165, 1.54) is 0 Å². The van der Waals surface area contributed by atoms with Gasteiger partial charge in [-0.2, -0.15) is 0 Å². The number of nitrogens with one attached hydrogen (secondary N) is 2. The van der Waals surface area contributed by atoms with Crippen LogP contribution in [0.15, 0.2) is 48.5 Å². The average molecular weight is 365 g/mol. The number of hydrogen-bond donors (Lipinski definition) is 2. The van der Waals surface area contributed by atoms with Gasteiger partial charge < -0.3 is 15.5 Å². The maximum atomic E-state index is 12.4. The Morgan fingerprint density at radius 3 is 2.63 bits per heavy atom. The van der Waals surface area contributed by atoms with E-state index in [-0.39, 0.29) is 24.2 Å². The number of para-hydroxylation sites is 1.